The van der Waals surface area contributed by atoms with Crippen molar-refractivity contribution in [2.75, 3.05) is 11.9 Å². The van der Waals surface area contributed by atoms with Gasteiger partial charge in [-0.15, -0.1) is 0 Å². The number of imidazole rings is 1. The number of aromatic nitrogens is 2. The van der Waals surface area contributed by atoms with Crippen molar-refractivity contribution in [1.82, 2.24) is 9.97 Å². The second kappa shape index (κ2) is 4.86. The largest absolute Gasteiger partial charge is 0.449 e. The van der Waals surface area contributed by atoms with Gasteiger partial charge in [-0.25, -0.2) is 9.78 Å². The summed E-state index contributed by atoms with van der Waals surface area (Å²) in [5.74, 6) is 0.719. The van der Waals surface area contributed by atoms with Crippen LogP contribution in [-0.2, 0) is 4.74 Å². The van der Waals surface area contributed by atoms with Gasteiger partial charge in [-0.2, -0.15) is 0 Å². The number of hydrogen-bond donors (Lipinski definition) is 2. The van der Waals surface area contributed by atoms with E-state index in [0.717, 1.165) is 11.0 Å². The van der Waals surface area contributed by atoms with Crippen molar-refractivity contribution >= 4 is 23.1 Å². The molecule has 2 N–H and O–H groups in total. The standard InChI is InChI=1S/C12H15N3O2/c1-8(2)7-17-12(16)15-11-13-9-5-3-4-6-10(9)14-11/h3-6,8H,7H2,1-2H3,(H2,13,14,15,16). The highest BCUT2D eigenvalue weighted by molar-refractivity contribution is 5.86. The summed E-state index contributed by atoms with van der Waals surface area (Å²) in [6.45, 7) is 4.36. The average Bonchev–Trinajstić information content (AvgIpc) is 2.68. The number of rotatable bonds is 3. The van der Waals surface area contributed by atoms with Crippen molar-refractivity contribution < 1.29 is 9.53 Å². The maximum atomic E-state index is 11.4. The second-order valence-electron chi connectivity index (χ2n) is 4.22. The Kier molecular flexibility index (Phi) is 3.27. The Bertz CT molecular complexity index is 486. The molecule has 0 aliphatic heterocycles. The van der Waals surface area contributed by atoms with Crippen molar-refractivity contribution in [3.05, 3.63) is 24.3 Å². The number of carbonyl (C=O) groups excluding carboxylic acids is 1. The predicted octanol–water partition coefficient (Wildman–Crippen LogP) is 2.77. The number of aromatic amines is 1. The molecular formula is C12H15N3O2. The number of ether oxygens (including phenoxy) is 1. The number of fused-ring (bicyclic) bond motifs is 1. The maximum absolute atomic E-state index is 11.4. The van der Waals surface area contributed by atoms with E-state index in [1.54, 1.807) is 0 Å². The summed E-state index contributed by atoms with van der Waals surface area (Å²) < 4.78 is 4.99. The SMILES string of the molecule is CC(C)COC(=O)Nc1nc2ccccc2[nH]1. The van der Waals surface area contributed by atoms with Gasteiger partial charge in [-0.05, 0) is 18.1 Å². The minimum atomic E-state index is -0.488. The Balaban J connectivity index is 2.01. The minimum absolute atomic E-state index is 0.316. The molecule has 0 aliphatic carbocycles. The van der Waals surface area contributed by atoms with E-state index in [-0.39, 0.29) is 0 Å². The van der Waals surface area contributed by atoms with Crippen LogP contribution in [0, 0.1) is 5.92 Å². The highest BCUT2D eigenvalue weighted by Gasteiger charge is 2.07. The van der Waals surface area contributed by atoms with Crippen molar-refractivity contribution in [1.29, 1.82) is 0 Å². The molecule has 17 heavy (non-hydrogen) atoms. The molecule has 1 heterocycles. The van der Waals surface area contributed by atoms with Crippen LogP contribution in [0.1, 0.15) is 13.8 Å². The summed E-state index contributed by atoms with van der Waals surface area (Å²) in [5.41, 5.74) is 1.69. The summed E-state index contributed by atoms with van der Waals surface area (Å²) in [5, 5.41) is 2.56. The molecule has 2 rings (SSSR count). The van der Waals surface area contributed by atoms with Crippen LogP contribution in [0.15, 0.2) is 24.3 Å². The van der Waals surface area contributed by atoms with Gasteiger partial charge in [0.2, 0.25) is 5.95 Å². The van der Waals surface area contributed by atoms with E-state index in [1.165, 1.54) is 0 Å². The Morgan fingerprint density at radius 1 is 1.47 bits per heavy atom. The van der Waals surface area contributed by atoms with E-state index in [9.17, 15) is 4.79 Å². The third kappa shape index (κ3) is 2.96. The molecule has 0 aliphatic rings. The lowest BCUT2D eigenvalue weighted by atomic mass is 10.2. The van der Waals surface area contributed by atoms with Crippen LogP contribution < -0.4 is 5.32 Å². The monoisotopic (exact) mass is 233 g/mol. The van der Waals surface area contributed by atoms with Gasteiger partial charge in [0.1, 0.15) is 0 Å². The van der Waals surface area contributed by atoms with Gasteiger partial charge in [0.05, 0.1) is 17.6 Å². The number of nitrogens with one attached hydrogen (secondary N) is 2. The zero-order valence-electron chi connectivity index (χ0n) is 9.86. The van der Waals surface area contributed by atoms with E-state index in [1.807, 2.05) is 38.1 Å². The minimum Gasteiger partial charge on any atom is -0.449 e. The van der Waals surface area contributed by atoms with Gasteiger partial charge in [-0.1, -0.05) is 26.0 Å². The molecule has 0 unspecified atom stereocenters. The van der Waals surface area contributed by atoms with Crippen molar-refractivity contribution in [2.45, 2.75) is 13.8 Å². The van der Waals surface area contributed by atoms with Gasteiger partial charge in [0, 0.05) is 0 Å². The first kappa shape index (κ1) is 11.4. The number of anilines is 1. The summed E-state index contributed by atoms with van der Waals surface area (Å²) in [7, 11) is 0. The van der Waals surface area contributed by atoms with Crippen LogP contribution in [0.2, 0.25) is 0 Å². The fraction of sp³-hybridized carbons (Fsp3) is 0.333. The number of nitrogens with zero attached hydrogens (tertiary/aromatic N) is 1. The molecule has 0 atom stereocenters. The summed E-state index contributed by atoms with van der Waals surface area (Å²) >= 11 is 0. The van der Waals surface area contributed by atoms with Gasteiger partial charge >= 0.3 is 6.09 Å². The molecule has 2 aromatic rings. The zero-order chi connectivity index (χ0) is 12.3. The van der Waals surface area contributed by atoms with Gasteiger partial charge < -0.3 is 9.72 Å². The van der Waals surface area contributed by atoms with Crippen LogP contribution in [0.5, 0.6) is 0 Å². The summed E-state index contributed by atoms with van der Waals surface area (Å²) in [6, 6.07) is 7.56. The number of amides is 1. The van der Waals surface area contributed by atoms with Crippen molar-refractivity contribution in [3.8, 4) is 0 Å². The van der Waals surface area contributed by atoms with E-state index >= 15 is 0 Å². The van der Waals surface area contributed by atoms with Crippen LogP contribution in [0.3, 0.4) is 0 Å². The second-order valence-corrected chi connectivity index (χ2v) is 4.22. The average molecular weight is 233 g/mol. The first-order valence-electron chi connectivity index (χ1n) is 5.53. The number of para-hydroxylation sites is 2. The van der Waals surface area contributed by atoms with Crippen LogP contribution in [-0.4, -0.2) is 22.7 Å². The molecule has 1 amide bonds. The molecule has 5 nitrogen and oxygen atoms in total. The molecule has 0 bridgehead atoms. The highest BCUT2D eigenvalue weighted by Crippen LogP contribution is 2.13. The number of H-pyrrole nitrogens is 1. The molecule has 0 saturated heterocycles. The third-order valence-electron chi connectivity index (χ3n) is 2.16. The molecule has 1 aromatic heterocycles. The Morgan fingerprint density at radius 2 is 2.24 bits per heavy atom. The molecule has 1 aromatic carbocycles. The maximum Gasteiger partial charge on any atom is 0.413 e. The lowest BCUT2D eigenvalue weighted by Gasteiger charge is -2.06. The number of benzene rings is 1. The van der Waals surface area contributed by atoms with Crippen molar-refractivity contribution in [2.24, 2.45) is 5.92 Å². The van der Waals surface area contributed by atoms with Gasteiger partial charge in [0.15, 0.2) is 0 Å². The van der Waals surface area contributed by atoms with E-state index in [0.29, 0.717) is 18.5 Å². The quantitative estimate of drug-likeness (QED) is 0.856. The normalized spacial score (nSPS) is 10.8. The van der Waals surface area contributed by atoms with Crippen LogP contribution >= 0.6 is 0 Å². The Hall–Kier alpha value is -2.04. The van der Waals surface area contributed by atoms with E-state index in [2.05, 4.69) is 15.3 Å². The van der Waals surface area contributed by atoms with Crippen molar-refractivity contribution in [3.63, 3.8) is 0 Å². The third-order valence-corrected chi connectivity index (χ3v) is 2.16. The zero-order valence-corrected chi connectivity index (χ0v) is 9.86. The lowest BCUT2D eigenvalue weighted by molar-refractivity contribution is 0.147. The molecular weight excluding hydrogens is 218 g/mol. The molecule has 5 heteroatoms. The Morgan fingerprint density at radius 3 is 2.94 bits per heavy atom. The molecule has 0 saturated carbocycles. The smallest absolute Gasteiger partial charge is 0.413 e. The van der Waals surface area contributed by atoms with Crippen LogP contribution in [0.4, 0.5) is 10.7 Å². The molecule has 0 fully saturated rings. The fourth-order valence-corrected chi connectivity index (χ4v) is 1.39. The van der Waals surface area contributed by atoms with Gasteiger partial charge in [0.25, 0.3) is 0 Å². The number of hydrogen-bond acceptors (Lipinski definition) is 3. The summed E-state index contributed by atoms with van der Waals surface area (Å²) in [4.78, 5) is 18.6. The van der Waals surface area contributed by atoms with Crippen LogP contribution in [0.25, 0.3) is 11.0 Å². The van der Waals surface area contributed by atoms with Gasteiger partial charge in [-0.3, -0.25) is 5.32 Å². The predicted molar refractivity (Wildman–Crippen MR) is 65.9 cm³/mol. The highest BCUT2D eigenvalue weighted by atomic mass is 16.5. The lowest BCUT2D eigenvalue weighted by Crippen LogP contribution is -2.17. The fourth-order valence-electron chi connectivity index (χ4n) is 1.39. The first-order chi connectivity index (χ1) is 8.15. The first-order valence-corrected chi connectivity index (χ1v) is 5.53. The summed E-state index contributed by atoms with van der Waals surface area (Å²) in [6.07, 6.45) is -0.488. The molecule has 90 valence electrons. The molecule has 0 radical (unpaired) electrons. The Labute approximate surface area is 99.2 Å². The van der Waals surface area contributed by atoms with E-state index < -0.39 is 6.09 Å². The molecule has 0 spiro atoms. The topological polar surface area (TPSA) is 67.0 Å². The number of carbonyl (C=O) groups is 1. The van der Waals surface area contributed by atoms with E-state index in [4.69, 9.17) is 4.74 Å².